The molecule has 2 N–H and O–H groups in total. The average molecular weight is 232 g/mol. The summed E-state index contributed by atoms with van der Waals surface area (Å²) in [6, 6.07) is 3.31. The molecule has 0 spiro atoms. The SMILES string of the molecule is O=C(NC1CC2CCC1C2)c1cc[nH]c(=O)c1. The van der Waals surface area contributed by atoms with Gasteiger partial charge in [0.1, 0.15) is 0 Å². The number of rotatable bonds is 2. The standard InChI is InChI=1S/C13H16N2O2/c16-12-7-10(3-4-14-12)13(17)15-11-6-8-1-2-9(11)5-8/h3-4,7-9,11H,1-2,5-6H2,(H,14,16)(H,15,17). The molecule has 2 aliphatic carbocycles. The Morgan fingerprint density at radius 3 is 2.88 bits per heavy atom. The van der Waals surface area contributed by atoms with Gasteiger partial charge in [-0.05, 0) is 37.2 Å². The van der Waals surface area contributed by atoms with Crippen molar-refractivity contribution >= 4 is 5.91 Å². The lowest BCUT2D eigenvalue weighted by Gasteiger charge is -2.22. The van der Waals surface area contributed by atoms with Gasteiger partial charge >= 0.3 is 0 Å². The normalized spacial score (nSPS) is 30.5. The van der Waals surface area contributed by atoms with Crippen molar-refractivity contribution in [2.75, 3.05) is 0 Å². The molecule has 0 radical (unpaired) electrons. The van der Waals surface area contributed by atoms with E-state index in [2.05, 4.69) is 10.3 Å². The van der Waals surface area contributed by atoms with Crippen molar-refractivity contribution in [3.05, 3.63) is 34.2 Å². The Bertz CT molecular complexity index is 494. The Kier molecular flexibility index (Phi) is 2.50. The fourth-order valence-electron chi connectivity index (χ4n) is 3.26. The predicted molar refractivity (Wildman–Crippen MR) is 63.8 cm³/mol. The van der Waals surface area contributed by atoms with Gasteiger partial charge < -0.3 is 10.3 Å². The van der Waals surface area contributed by atoms with Crippen molar-refractivity contribution in [1.29, 1.82) is 0 Å². The Labute approximate surface area is 99.4 Å². The molecular formula is C13H16N2O2. The summed E-state index contributed by atoms with van der Waals surface area (Å²) >= 11 is 0. The van der Waals surface area contributed by atoms with Crippen LogP contribution in [0.1, 0.15) is 36.0 Å². The summed E-state index contributed by atoms with van der Waals surface area (Å²) in [5, 5.41) is 3.06. The van der Waals surface area contributed by atoms with Gasteiger partial charge in [0, 0.05) is 23.9 Å². The molecule has 1 aromatic rings. The van der Waals surface area contributed by atoms with E-state index in [1.165, 1.54) is 31.5 Å². The smallest absolute Gasteiger partial charge is 0.251 e. The van der Waals surface area contributed by atoms with E-state index in [1.807, 2.05) is 0 Å². The molecule has 1 heterocycles. The van der Waals surface area contributed by atoms with E-state index in [4.69, 9.17) is 0 Å². The molecule has 3 rings (SSSR count). The van der Waals surface area contributed by atoms with Crippen LogP contribution in [0.5, 0.6) is 0 Å². The number of carbonyl (C=O) groups excluding carboxylic acids is 1. The number of aromatic nitrogens is 1. The molecule has 3 unspecified atom stereocenters. The van der Waals surface area contributed by atoms with Gasteiger partial charge in [-0.15, -0.1) is 0 Å². The van der Waals surface area contributed by atoms with Crippen molar-refractivity contribution in [2.45, 2.75) is 31.7 Å². The molecule has 0 saturated heterocycles. The molecule has 4 nitrogen and oxygen atoms in total. The monoisotopic (exact) mass is 232 g/mol. The van der Waals surface area contributed by atoms with Crippen LogP contribution in [-0.4, -0.2) is 16.9 Å². The average Bonchev–Trinajstić information content (AvgIpc) is 2.91. The molecule has 2 saturated carbocycles. The van der Waals surface area contributed by atoms with E-state index in [9.17, 15) is 9.59 Å². The Morgan fingerprint density at radius 1 is 1.35 bits per heavy atom. The highest BCUT2D eigenvalue weighted by Crippen LogP contribution is 2.44. The molecular weight excluding hydrogens is 216 g/mol. The zero-order chi connectivity index (χ0) is 11.8. The molecule has 3 atom stereocenters. The second kappa shape index (κ2) is 4.02. The lowest BCUT2D eigenvalue weighted by molar-refractivity contribution is 0.0922. The number of amides is 1. The molecule has 1 amide bonds. The number of fused-ring (bicyclic) bond motifs is 2. The molecule has 1 aromatic heterocycles. The topological polar surface area (TPSA) is 62.0 Å². The number of aromatic amines is 1. The Morgan fingerprint density at radius 2 is 2.24 bits per heavy atom. The van der Waals surface area contributed by atoms with E-state index in [0.29, 0.717) is 17.5 Å². The number of hydrogen-bond acceptors (Lipinski definition) is 2. The van der Waals surface area contributed by atoms with Gasteiger partial charge in [-0.25, -0.2) is 0 Å². The molecule has 90 valence electrons. The second-order valence-corrected chi connectivity index (χ2v) is 5.20. The first-order valence-corrected chi connectivity index (χ1v) is 6.22. The highest BCUT2D eigenvalue weighted by atomic mass is 16.2. The van der Waals surface area contributed by atoms with Crippen LogP contribution in [-0.2, 0) is 0 Å². The van der Waals surface area contributed by atoms with Crippen molar-refractivity contribution in [3.8, 4) is 0 Å². The van der Waals surface area contributed by atoms with Crippen molar-refractivity contribution in [2.24, 2.45) is 11.8 Å². The predicted octanol–water partition coefficient (Wildman–Crippen LogP) is 1.29. The number of nitrogens with one attached hydrogen (secondary N) is 2. The maximum absolute atomic E-state index is 12.0. The Balaban J connectivity index is 1.70. The molecule has 2 fully saturated rings. The van der Waals surface area contributed by atoms with Crippen molar-refractivity contribution in [3.63, 3.8) is 0 Å². The molecule has 17 heavy (non-hydrogen) atoms. The van der Waals surface area contributed by atoms with E-state index in [1.54, 1.807) is 6.07 Å². The summed E-state index contributed by atoms with van der Waals surface area (Å²) in [6.45, 7) is 0. The molecule has 4 heteroatoms. The lowest BCUT2D eigenvalue weighted by atomic mass is 9.95. The number of carbonyl (C=O) groups is 1. The van der Waals surface area contributed by atoms with Crippen LogP contribution >= 0.6 is 0 Å². The highest BCUT2D eigenvalue weighted by molar-refractivity contribution is 5.94. The quantitative estimate of drug-likeness (QED) is 0.807. The van der Waals surface area contributed by atoms with Crippen LogP contribution in [0.15, 0.2) is 23.1 Å². The van der Waals surface area contributed by atoms with Gasteiger partial charge in [0.2, 0.25) is 5.56 Å². The highest BCUT2D eigenvalue weighted by Gasteiger charge is 2.40. The summed E-state index contributed by atoms with van der Waals surface area (Å²) < 4.78 is 0. The summed E-state index contributed by atoms with van der Waals surface area (Å²) in [5.41, 5.74) is 0.224. The molecule has 2 aliphatic rings. The number of H-pyrrole nitrogens is 1. The lowest BCUT2D eigenvalue weighted by Crippen LogP contribution is -2.38. The van der Waals surface area contributed by atoms with Crippen LogP contribution in [0.25, 0.3) is 0 Å². The van der Waals surface area contributed by atoms with Gasteiger partial charge in [-0.2, -0.15) is 0 Å². The van der Waals surface area contributed by atoms with Gasteiger partial charge in [-0.3, -0.25) is 9.59 Å². The van der Waals surface area contributed by atoms with E-state index < -0.39 is 0 Å². The Hall–Kier alpha value is -1.58. The first-order valence-electron chi connectivity index (χ1n) is 6.22. The third kappa shape index (κ3) is 1.99. The largest absolute Gasteiger partial charge is 0.349 e. The van der Waals surface area contributed by atoms with Crippen LogP contribution < -0.4 is 10.9 Å². The van der Waals surface area contributed by atoms with Crippen LogP contribution in [0.3, 0.4) is 0 Å². The summed E-state index contributed by atoms with van der Waals surface area (Å²) in [6.07, 6.45) is 6.45. The van der Waals surface area contributed by atoms with E-state index >= 15 is 0 Å². The van der Waals surface area contributed by atoms with Crippen molar-refractivity contribution in [1.82, 2.24) is 10.3 Å². The minimum atomic E-state index is -0.231. The summed E-state index contributed by atoms with van der Waals surface area (Å²) in [7, 11) is 0. The zero-order valence-corrected chi connectivity index (χ0v) is 9.61. The van der Waals surface area contributed by atoms with E-state index in [0.717, 1.165) is 12.3 Å². The summed E-state index contributed by atoms with van der Waals surface area (Å²) in [4.78, 5) is 25.6. The van der Waals surface area contributed by atoms with Gasteiger partial charge in [0.05, 0.1) is 0 Å². The first-order chi connectivity index (χ1) is 8.22. The van der Waals surface area contributed by atoms with Gasteiger partial charge in [-0.1, -0.05) is 6.42 Å². The maximum atomic E-state index is 12.0. The maximum Gasteiger partial charge on any atom is 0.251 e. The third-order valence-corrected chi connectivity index (χ3v) is 4.09. The zero-order valence-electron chi connectivity index (χ0n) is 9.61. The summed E-state index contributed by atoms with van der Waals surface area (Å²) in [5.74, 6) is 1.35. The van der Waals surface area contributed by atoms with Crippen LogP contribution in [0, 0.1) is 11.8 Å². The minimum Gasteiger partial charge on any atom is -0.349 e. The molecule has 2 bridgehead atoms. The molecule has 0 aromatic carbocycles. The fourth-order valence-corrected chi connectivity index (χ4v) is 3.26. The number of pyridine rings is 1. The van der Waals surface area contributed by atoms with Gasteiger partial charge in [0.15, 0.2) is 0 Å². The van der Waals surface area contributed by atoms with E-state index in [-0.39, 0.29) is 11.5 Å². The minimum absolute atomic E-state index is 0.117. The fraction of sp³-hybridized carbons (Fsp3) is 0.538. The van der Waals surface area contributed by atoms with Crippen LogP contribution in [0.4, 0.5) is 0 Å². The first kappa shape index (κ1) is 10.6. The van der Waals surface area contributed by atoms with Gasteiger partial charge in [0.25, 0.3) is 5.91 Å². The van der Waals surface area contributed by atoms with Crippen LogP contribution in [0.2, 0.25) is 0 Å². The number of hydrogen-bond donors (Lipinski definition) is 2. The molecule has 0 aliphatic heterocycles. The van der Waals surface area contributed by atoms with Crippen molar-refractivity contribution < 1.29 is 4.79 Å². The third-order valence-electron chi connectivity index (χ3n) is 4.09. The second-order valence-electron chi connectivity index (χ2n) is 5.20.